The van der Waals surface area contributed by atoms with Crippen molar-refractivity contribution < 1.29 is 45.4 Å². The third-order valence-corrected chi connectivity index (χ3v) is 1.63. The van der Waals surface area contributed by atoms with Gasteiger partial charge in [0.2, 0.25) is 0 Å². The highest BCUT2D eigenvalue weighted by Gasteiger charge is 2.36. The van der Waals surface area contributed by atoms with E-state index < -0.39 is 35.8 Å². The van der Waals surface area contributed by atoms with Crippen LogP contribution in [0, 0.1) is 0 Å². The molecule has 5 nitrogen and oxygen atoms in total. The molecular formula is C9H3F6NO4. The van der Waals surface area contributed by atoms with Gasteiger partial charge in [0.15, 0.2) is 0 Å². The Balaban J connectivity index is 2.91. The number of ether oxygens (including phenoxy) is 2. The van der Waals surface area contributed by atoms with Crippen molar-refractivity contribution >= 4 is 11.9 Å². The predicted octanol–water partition coefficient (Wildman–Crippen LogP) is 2.43. The number of hydrogen-bond donors (Lipinski definition) is 0. The lowest BCUT2D eigenvalue weighted by molar-refractivity contribution is -0.292. The number of rotatable bonds is 2. The van der Waals surface area contributed by atoms with Crippen molar-refractivity contribution in [3.05, 3.63) is 29.6 Å². The van der Waals surface area contributed by atoms with Crippen molar-refractivity contribution in [3.8, 4) is 0 Å². The van der Waals surface area contributed by atoms with Crippen LogP contribution in [0.4, 0.5) is 26.3 Å². The second-order valence-corrected chi connectivity index (χ2v) is 3.13. The fraction of sp³-hybridized carbons (Fsp3) is 0.222. The topological polar surface area (TPSA) is 65.5 Å². The smallest absolute Gasteiger partial charge is 0.369 e. The molecule has 0 aromatic carbocycles. The molecule has 0 saturated heterocycles. The lowest BCUT2D eigenvalue weighted by atomic mass is 10.2. The first-order valence-electron chi connectivity index (χ1n) is 4.53. The molecule has 1 heterocycles. The molecular weight excluding hydrogens is 300 g/mol. The lowest BCUT2D eigenvalue weighted by Crippen LogP contribution is -2.21. The SMILES string of the molecule is O=C(OC(F)(F)F)c1cncc(C(=O)OC(F)(F)F)c1. The maximum absolute atomic E-state index is 11.8. The molecule has 0 spiro atoms. The van der Waals surface area contributed by atoms with Crippen molar-refractivity contribution in [1.29, 1.82) is 0 Å². The quantitative estimate of drug-likeness (QED) is 0.620. The molecule has 11 heteroatoms. The number of esters is 2. The summed E-state index contributed by atoms with van der Waals surface area (Å²) in [6, 6.07) is 0.426. The number of alkyl halides is 6. The fourth-order valence-electron chi connectivity index (χ4n) is 0.991. The maximum Gasteiger partial charge on any atom is 0.575 e. The molecule has 0 N–H and O–H groups in total. The third-order valence-electron chi connectivity index (χ3n) is 1.63. The molecule has 0 saturated carbocycles. The van der Waals surface area contributed by atoms with Gasteiger partial charge in [-0.25, -0.2) is 9.59 Å². The predicted molar refractivity (Wildman–Crippen MR) is 47.2 cm³/mol. The maximum atomic E-state index is 11.8. The van der Waals surface area contributed by atoms with E-state index in [0.29, 0.717) is 18.5 Å². The van der Waals surface area contributed by atoms with Crippen LogP contribution in [0.25, 0.3) is 0 Å². The van der Waals surface area contributed by atoms with Crippen LogP contribution >= 0.6 is 0 Å². The van der Waals surface area contributed by atoms with Crippen LogP contribution in [0.2, 0.25) is 0 Å². The van der Waals surface area contributed by atoms with Crippen molar-refractivity contribution in [2.75, 3.05) is 0 Å². The number of carbonyl (C=O) groups excluding carboxylic acids is 2. The Kier molecular flexibility index (Phi) is 4.20. The molecule has 0 unspecified atom stereocenters. The molecule has 0 amide bonds. The van der Waals surface area contributed by atoms with Crippen molar-refractivity contribution in [3.63, 3.8) is 0 Å². The second-order valence-electron chi connectivity index (χ2n) is 3.13. The second kappa shape index (κ2) is 5.35. The van der Waals surface area contributed by atoms with E-state index in [0.717, 1.165) is 0 Å². The molecule has 1 rings (SSSR count). The Morgan fingerprint density at radius 3 is 1.50 bits per heavy atom. The number of carbonyl (C=O) groups is 2. The first-order chi connectivity index (χ1) is 8.98. The van der Waals surface area contributed by atoms with E-state index in [4.69, 9.17) is 0 Å². The van der Waals surface area contributed by atoms with E-state index in [1.165, 1.54) is 0 Å². The molecule has 1 aromatic heterocycles. The minimum atomic E-state index is -5.28. The molecule has 0 aliphatic carbocycles. The van der Waals surface area contributed by atoms with E-state index in [2.05, 4.69) is 14.5 Å². The number of aromatic nitrogens is 1. The van der Waals surface area contributed by atoms with E-state index in [9.17, 15) is 35.9 Å². The minimum absolute atomic E-state index is 0.426. The molecule has 0 aliphatic heterocycles. The van der Waals surface area contributed by atoms with E-state index in [1.807, 2.05) is 0 Å². The van der Waals surface area contributed by atoms with Crippen LogP contribution < -0.4 is 0 Å². The highest BCUT2D eigenvalue weighted by atomic mass is 19.4. The van der Waals surface area contributed by atoms with Gasteiger partial charge in [-0.1, -0.05) is 0 Å². The first kappa shape index (κ1) is 15.7. The third kappa shape index (κ3) is 5.12. The van der Waals surface area contributed by atoms with Crippen LogP contribution in [-0.4, -0.2) is 29.6 Å². The van der Waals surface area contributed by atoms with Crippen LogP contribution in [0.5, 0.6) is 0 Å². The molecule has 0 radical (unpaired) electrons. The van der Waals surface area contributed by atoms with Gasteiger partial charge in [0, 0.05) is 12.4 Å². The lowest BCUT2D eigenvalue weighted by Gasteiger charge is -2.09. The zero-order valence-corrected chi connectivity index (χ0v) is 9.08. The summed E-state index contributed by atoms with van der Waals surface area (Å²) in [5, 5.41) is 0. The summed E-state index contributed by atoms with van der Waals surface area (Å²) in [4.78, 5) is 25.1. The van der Waals surface area contributed by atoms with Crippen LogP contribution in [0.3, 0.4) is 0 Å². The summed E-state index contributed by atoms with van der Waals surface area (Å²) in [6.07, 6.45) is -9.39. The average Bonchev–Trinajstić information content (AvgIpc) is 2.24. The van der Waals surface area contributed by atoms with Gasteiger partial charge in [-0.2, -0.15) is 0 Å². The summed E-state index contributed by atoms with van der Waals surface area (Å²) in [5.41, 5.74) is -1.72. The summed E-state index contributed by atoms with van der Waals surface area (Å²) in [6.45, 7) is 0. The summed E-state index contributed by atoms with van der Waals surface area (Å²) in [7, 11) is 0. The fourth-order valence-corrected chi connectivity index (χ4v) is 0.991. The van der Waals surface area contributed by atoms with E-state index in [-0.39, 0.29) is 0 Å². The Morgan fingerprint density at radius 2 is 1.20 bits per heavy atom. The van der Waals surface area contributed by atoms with Gasteiger partial charge in [0.25, 0.3) is 0 Å². The van der Waals surface area contributed by atoms with Gasteiger partial charge in [0.1, 0.15) is 0 Å². The first-order valence-corrected chi connectivity index (χ1v) is 4.53. The molecule has 0 atom stereocenters. The molecule has 20 heavy (non-hydrogen) atoms. The Labute approximate surface area is 106 Å². The summed E-state index contributed by atoms with van der Waals surface area (Å²) in [5.74, 6) is -3.85. The zero-order chi connectivity index (χ0) is 15.6. The number of halogens is 6. The largest absolute Gasteiger partial charge is 0.575 e. The van der Waals surface area contributed by atoms with Gasteiger partial charge < -0.3 is 9.47 Å². The van der Waals surface area contributed by atoms with Gasteiger partial charge >= 0.3 is 24.7 Å². The average molecular weight is 303 g/mol. The normalized spacial score (nSPS) is 11.9. The van der Waals surface area contributed by atoms with E-state index in [1.54, 1.807) is 0 Å². The summed E-state index contributed by atoms with van der Waals surface area (Å²) >= 11 is 0. The van der Waals surface area contributed by atoms with E-state index >= 15 is 0 Å². The molecule has 110 valence electrons. The van der Waals surface area contributed by atoms with Crippen molar-refractivity contribution in [1.82, 2.24) is 4.98 Å². The number of nitrogens with zero attached hydrogens (tertiary/aromatic N) is 1. The molecule has 0 fully saturated rings. The number of hydrogen-bond acceptors (Lipinski definition) is 5. The Morgan fingerprint density at radius 1 is 0.850 bits per heavy atom. The monoisotopic (exact) mass is 303 g/mol. The number of pyridine rings is 1. The van der Waals surface area contributed by atoms with Crippen LogP contribution in [-0.2, 0) is 9.47 Å². The van der Waals surface area contributed by atoms with Gasteiger partial charge in [-0.3, -0.25) is 4.98 Å². The van der Waals surface area contributed by atoms with Crippen LogP contribution in [0.15, 0.2) is 18.5 Å². The van der Waals surface area contributed by atoms with Gasteiger partial charge in [0.05, 0.1) is 11.1 Å². The van der Waals surface area contributed by atoms with Crippen LogP contribution in [0.1, 0.15) is 20.7 Å². The van der Waals surface area contributed by atoms with Crippen molar-refractivity contribution in [2.24, 2.45) is 0 Å². The highest BCUT2D eigenvalue weighted by Crippen LogP contribution is 2.21. The molecule has 1 aromatic rings. The van der Waals surface area contributed by atoms with Gasteiger partial charge in [-0.05, 0) is 6.07 Å². The Hall–Kier alpha value is -2.33. The zero-order valence-electron chi connectivity index (χ0n) is 9.08. The summed E-state index contributed by atoms with van der Waals surface area (Å²) < 4.78 is 76.6. The molecule has 0 aliphatic rings. The molecule has 0 bridgehead atoms. The standard InChI is InChI=1S/C9H3F6NO4/c10-8(11,12)19-6(17)4-1-5(3-16-2-4)7(18)20-9(13,14)15/h1-3H. The Bertz CT molecular complexity index is 481. The van der Waals surface area contributed by atoms with Crippen molar-refractivity contribution in [2.45, 2.75) is 12.7 Å². The van der Waals surface area contributed by atoms with Gasteiger partial charge in [-0.15, -0.1) is 26.3 Å². The highest BCUT2D eigenvalue weighted by molar-refractivity contribution is 5.94. The minimum Gasteiger partial charge on any atom is -0.369 e.